The molecule has 34 heavy (non-hydrogen) atoms. The number of aromatic nitrogens is 2. The van der Waals surface area contributed by atoms with Crippen LogP contribution >= 0.6 is 0 Å². The van der Waals surface area contributed by atoms with Gasteiger partial charge in [0.05, 0.1) is 11.9 Å². The first-order valence-corrected chi connectivity index (χ1v) is 13.3. The minimum atomic E-state index is -3.33. The number of hydrogen-bond donors (Lipinski definition) is 3. The summed E-state index contributed by atoms with van der Waals surface area (Å²) < 4.78 is 25.7. The van der Waals surface area contributed by atoms with Gasteiger partial charge in [-0.25, -0.2) is 18.4 Å². The zero-order valence-corrected chi connectivity index (χ0v) is 20.6. The lowest BCUT2D eigenvalue weighted by Gasteiger charge is -2.20. The Morgan fingerprint density at radius 1 is 1.12 bits per heavy atom. The Morgan fingerprint density at radius 2 is 1.94 bits per heavy atom. The summed E-state index contributed by atoms with van der Waals surface area (Å²) in [4.78, 5) is 8.95. The second-order valence-corrected chi connectivity index (χ2v) is 10.2. The van der Waals surface area contributed by atoms with Gasteiger partial charge < -0.3 is 16.2 Å². The van der Waals surface area contributed by atoms with Crippen LogP contribution in [0.5, 0.6) is 5.75 Å². The maximum Gasteiger partial charge on any atom is 0.223 e. The quantitative estimate of drug-likeness (QED) is 0.362. The van der Waals surface area contributed by atoms with Crippen molar-refractivity contribution in [3.05, 3.63) is 71.4 Å². The third kappa shape index (κ3) is 7.24. The van der Waals surface area contributed by atoms with Crippen molar-refractivity contribution in [3.63, 3.8) is 0 Å². The molecule has 2 aromatic carbocycles. The third-order valence-electron chi connectivity index (χ3n) is 5.54. The van der Waals surface area contributed by atoms with Gasteiger partial charge in [-0.2, -0.15) is 4.31 Å². The number of aromatic hydroxyl groups is 1. The highest BCUT2D eigenvalue weighted by Crippen LogP contribution is 2.21. The van der Waals surface area contributed by atoms with Gasteiger partial charge in [-0.3, -0.25) is 0 Å². The number of anilines is 1. The molecule has 0 aliphatic rings. The van der Waals surface area contributed by atoms with Crippen molar-refractivity contribution in [2.24, 2.45) is 5.73 Å². The number of hydrogen-bond acceptors (Lipinski definition) is 7. The van der Waals surface area contributed by atoms with Gasteiger partial charge in [0.2, 0.25) is 16.0 Å². The molecule has 0 atom stereocenters. The van der Waals surface area contributed by atoms with Gasteiger partial charge in [0.25, 0.3) is 0 Å². The topological polar surface area (TPSA) is 121 Å². The van der Waals surface area contributed by atoms with Crippen LogP contribution in [-0.4, -0.2) is 53.7 Å². The van der Waals surface area contributed by atoms with E-state index in [1.54, 1.807) is 12.3 Å². The number of rotatable bonds is 12. The van der Waals surface area contributed by atoms with Gasteiger partial charge in [0.15, 0.2) is 0 Å². The lowest BCUT2D eigenvalue weighted by Crippen LogP contribution is -2.31. The molecule has 8 nitrogen and oxygen atoms in total. The van der Waals surface area contributed by atoms with E-state index in [0.717, 1.165) is 40.8 Å². The highest BCUT2D eigenvalue weighted by atomic mass is 32.2. The van der Waals surface area contributed by atoms with Crippen molar-refractivity contribution < 1.29 is 13.5 Å². The van der Waals surface area contributed by atoms with E-state index < -0.39 is 10.0 Å². The molecule has 0 unspecified atom stereocenters. The molecule has 3 rings (SSSR count). The Morgan fingerprint density at radius 3 is 2.68 bits per heavy atom. The van der Waals surface area contributed by atoms with Crippen LogP contribution in [0.25, 0.3) is 11.3 Å². The van der Waals surface area contributed by atoms with Gasteiger partial charge >= 0.3 is 0 Å². The number of nitrogens with two attached hydrogens (primary N) is 1. The molecule has 0 aliphatic heterocycles. The molecule has 0 spiro atoms. The first-order valence-electron chi connectivity index (χ1n) is 11.4. The number of phenols is 1. The standard InChI is InChI=1S/C25H33N5O3S/c1-3-21-16-19(8-9-24(21)31)10-13-27-25-28-14-11-23(29-25)22-7-4-6-20(17-22)18-30(15-5-12-26)34(2,32)33/h4,6-9,11,14,16-17,31H,3,5,10,12-13,15,18,26H2,1-2H3,(H,27,28,29). The molecule has 3 aromatic rings. The first-order chi connectivity index (χ1) is 16.3. The van der Waals surface area contributed by atoms with E-state index in [2.05, 4.69) is 15.3 Å². The second kappa shape index (κ2) is 11.9. The molecular formula is C25H33N5O3S. The van der Waals surface area contributed by atoms with Crippen molar-refractivity contribution in [1.29, 1.82) is 0 Å². The normalized spacial score (nSPS) is 11.6. The van der Waals surface area contributed by atoms with Crippen LogP contribution in [0.2, 0.25) is 0 Å². The molecule has 1 aromatic heterocycles. The number of benzene rings is 2. The molecule has 0 aliphatic carbocycles. The molecule has 0 saturated heterocycles. The van der Waals surface area contributed by atoms with Crippen LogP contribution in [0.15, 0.2) is 54.7 Å². The maximum absolute atomic E-state index is 12.1. The summed E-state index contributed by atoms with van der Waals surface area (Å²) in [5.41, 5.74) is 10.2. The highest BCUT2D eigenvalue weighted by Gasteiger charge is 2.16. The minimum absolute atomic E-state index is 0.287. The summed E-state index contributed by atoms with van der Waals surface area (Å²) in [6.07, 6.45) is 5.10. The fourth-order valence-corrected chi connectivity index (χ4v) is 4.51. The SMILES string of the molecule is CCc1cc(CCNc2nccc(-c3cccc(CN(CCCN)S(C)(=O)=O)c3)n2)ccc1O. The average Bonchev–Trinajstić information content (AvgIpc) is 2.82. The summed E-state index contributed by atoms with van der Waals surface area (Å²) in [5.74, 6) is 0.856. The summed E-state index contributed by atoms with van der Waals surface area (Å²) in [5, 5.41) is 13.1. The van der Waals surface area contributed by atoms with Gasteiger partial charge in [-0.15, -0.1) is 0 Å². The Hall–Kier alpha value is -3.01. The Bertz CT molecular complexity index is 1200. The number of phenolic OH excluding ortho intramolecular Hbond substituents is 1. The number of nitrogens with one attached hydrogen (secondary N) is 1. The third-order valence-corrected chi connectivity index (χ3v) is 6.79. The zero-order valence-electron chi connectivity index (χ0n) is 19.7. The molecule has 182 valence electrons. The molecule has 0 radical (unpaired) electrons. The van der Waals surface area contributed by atoms with E-state index >= 15 is 0 Å². The maximum atomic E-state index is 12.1. The van der Waals surface area contributed by atoms with E-state index in [1.165, 1.54) is 10.6 Å². The Balaban J connectivity index is 1.68. The minimum Gasteiger partial charge on any atom is -0.508 e. The van der Waals surface area contributed by atoms with Crippen LogP contribution in [0.1, 0.15) is 30.0 Å². The lowest BCUT2D eigenvalue weighted by molar-refractivity contribution is 0.405. The van der Waals surface area contributed by atoms with E-state index in [-0.39, 0.29) is 6.54 Å². The van der Waals surface area contributed by atoms with Crippen molar-refractivity contribution >= 4 is 16.0 Å². The van der Waals surface area contributed by atoms with Crippen LogP contribution in [0, 0.1) is 0 Å². The van der Waals surface area contributed by atoms with Crippen molar-refractivity contribution in [1.82, 2.24) is 14.3 Å². The van der Waals surface area contributed by atoms with Gasteiger partial charge in [0, 0.05) is 31.4 Å². The van der Waals surface area contributed by atoms with Crippen LogP contribution < -0.4 is 11.1 Å². The summed E-state index contributed by atoms with van der Waals surface area (Å²) >= 11 is 0. The molecule has 1 heterocycles. The monoisotopic (exact) mass is 483 g/mol. The molecular weight excluding hydrogens is 450 g/mol. The fraction of sp³-hybridized carbons (Fsp3) is 0.360. The van der Waals surface area contributed by atoms with Gasteiger partial charge in [0.1, 0.15) is 5.75 Å². The zero-order chi connectivity index (χ0) is 24.6. The predicted molar refractivity (Wildman–Crippen MR) is 136 cm³/mol. The fourth-order valence-electron chi connectivity index (χ4n) is 3.66. The van der Waals surface area contributed by atoms with Crippen molar-refractivity contribution in [2.45, 2.75) is 32.7 Å². The van der Waals surface area contributed by atoms with E-state index in [0.29, 0.717) is 37.8 Å². The van der Waals surface area contributed by atoms with Crippen molar-refractivity contribution in [2.75, 3.05) is 31.2 Å². The molecule has 0 saturated carbocycles. The van der Waals surface area contributed by atoms with Crippen LogP contribution in [0.4, 0.5) is 5.95 Å². The summed E-state index contributed by atoms with van der Waals surface area (Å²) in [6.45, 7) is 3.79. The first kappa shape index (κ1) is 25.6. The second-order valence-electron chi connectivity index (χ2n) is 8.20. The summed E-state index contributed by atoms with van der Waals surface area (Å²) in [7, 11) is -3.33. The molecule has 0 amide bonds. The molecule has 0 fully saturated rings. The number of nitrogens with zero attached hydrogens (tertiary/aromatic N) is 3. The summed E-state index contributed by atoms with van der Waals surface area (Å²) in [6, 6.07) is 15.2. The molecule has 4 N–H and O–H groups in total. The number of sulfonamides is 1. The van der Waals surface area contributed by atoms with E-state index in [4.69, 9.17) is 5.73 Å². The predicted octanol–water partition coefficient (Wildman–Crippen LogP) is 3.18. The van der Waals surface area contributed by atoms with Crippen molar-refractivity contribution in [3.8, 4) is 17.0 Å². The van der Waals surface area contributed by atoms with Crippen LogP contribution in [0.3, 0.4) is 0 Å². The van der Waals surface area contributed by atoms with Gasteiger partial charge in [-0.1, -0.05) is 37.3 Å². The van der Waals surface area contributed by atoms with Crippen LogP contribution in [-0.2, 0) is 29.4 Å². The van der Waals surface area contributed by atoms with E-state index in [1.807, 2.05) is 49.4 Å². The van der Waals surface area contributed by atoms with E-state index in [9.17, 15) is 13.5 Å². The molecule has 9 heteroatoms. The smallest absolute Gasteiger partial charge is 0.223 e. The largest absolute Gasteiger partial charge is 0.508 e. The Kier molecular flexibility index (Phi) is 8.98. The molecule has 0 bridgehead atoms. The van der Waals surface area contributed by atoms with Gasteiger partial charge in [-0.05, 0) is 60.7 Å². The average molecular weight is 484 g/mol. The number of aryl methyl sites for hydroxylation is 1. The lowest BCUT2D eigenvalue weighted by atomic mass is 10.1. The highest BCUT2D eigenvalue weighted by molar-refractivity contribution is 7.88. The Labute approximate surface area is 201 Å².